The van der Waals surface area contributed by atoms with Gasteiger partial charge in [0.25, 0.3) is 5.91 Å². The lowest BCUT2D eigenvalue weighted by Crippen LogP contribution is -2.25. The van der Waals surface area contributed by atoms with Gasteiger partial charge < -0.3 is 19.2 Å². The van der Waals surface area contributed by atoms with Gasteiger partial charge in [0.2, 0.25) is 0 Å². The zero-order valence-corrected chi connectivity index (χ0v) is 22.5. The number of nitrogens with one attached hydrogen (secondary N) is 1. The van der Waals surface area contributed by atoms with Crippen LogP contribution in [0.1, 0.15) is 18.4 Å². The van der Waals surface area contributed by atoms with Gasteiger partial charge in [-0.2, -0.15) is 0 Å². The van der Waals surface area contributed by atoms with E-state index in [1.165, 1.54) is 30.6 Å². The molecule has 0 unspecified atom stereocenters. The monoisotopic (exact) mass is 547 g/mol. The van der Waals surface area contributed by atoms with Gasteiger partial charge in [-0.15, -0.1) is 0 Å². The Hall–Kier alpha value is -3.13. The number of aromatic nitrogens is 2. The van der Waals surface area contributed by atoms with Crippen molar-refractivity contribution in [3.05, 3.63) is 42.1 Å². The molecule has 2 aromatic heterocycles. The standard InChI is InChI=1S/C24H29N5O6S2/c1-29(2)19-9-11-25-23-21(19)26-24(36-23)27-22(30)20(28-35-17-10-13-34-15-17)16-5-7-18(8-6-16)37(31,32)14-4-12-33-3/h5-9,11,17H,4,10,12-15H2,1-3H3,(H,26,27,30)/b28-20+/t17-/m1/s1. The second-order valence-corrected chi connectivity index (χ2v) is 11.7. The Kier molecular flexibility index (Phi) is 8.69. The number of methoxy groups -OCH3 is 1. The lowest BCUT2D eigenvalue weighted by molar-refractivity contribution is -0.110. The summed E-state index contributed by atoms with van der Waals surface area (Å²) < 4.78 is 35.5. The molecule has 1 saturated heterocycles. The molecule has 4 rings (SSSR count). The first-order valence-electron chi connectivity index (χ1n) is 11.7. The number of nitrogens with zero attached hydrogens (tertiary/aromatic N) is 4. The number of hydrogen-bond acceptors (Lipinski definition) is 11. The summed E-state index contributed by atoms with van der Waals surface area (Å²) in [6.07, 6.45) is 2.47. The summed E-state index contributed by atoms with van der Waals surface area (Å²) in [4.78, 5) is 30.6. The molecule has 0 saturated carbocycles. The fourth-order valence-electron chi connectivity index (χ4n) is 3.67. The van der Waals surface area contributed by atoms with E-state index in [0.29, 0.717) is 53.7 Å². The molecule has 3 heterocycles. The van der Waals surface area contributed by atoms with E-state index < -0.39 is 15.7 Å². The number of amides is 1. The normalized spacial score (nSPS) is 16.2. The Balaban J connectivity index is 1.59. The van der Waals surface area contributed by atoms with E-state index in [9.17, 15) is 13.2 Å². The van der Waals surface area contributed by atoms with Crippen LogP contribution in [0.4, 0.5) is 10.8 Å². The molecule has 1 atom stereocenters. The predicted octanol–water partition coefficient (Wildman–Crippen LogP) is 2.72. The van der Waals surface area contributed by atoms with Gasteiger partial charge in [0, 0.05) is 46.0 Å². The number of rotatable bonds is 11. The van der Waals surface area contributed by atoms with Crippen molar-refractivity contribution in [3.8, 4) is 0 Å². The van der Waals surface area contributed by atoms with E-state index in [4.69, 9.17) is 14.3 Å². The van der Waals surface area contributed by atoms with Crippen molar-refractivity contribution < 1.29 is 27.5 Å². The molecule has 1 aliphatic rings. The molecule has 1 aromatic carbocycles. The van der Waals surface area contributed by atoms with Gasteiger partial charge in [-0.25, -0.2) is 18.4 Å². The highest BCUT2D eigenvalue weighted by atomic mass is 32.2. The third-order valence-electron chi connectivity index (χ3n) is 5.62. The highest BCUT2D eigenvalue weighted by molar-refractivity contribution is 7.91. The average molecular weight is 548 g/mol. The number of carbonyl (C=O) groups is 1. The minimum Gasteiger partial charge on any atom is -0.389 e. The highest BCUT2D eigenvalue weighted by Gasteiger charge is 2.23. The Morgan fingerprint density at radius 3 is 2.73 bits per heavy atom. The van der Waals surface area contributed by atoms with Crippen molar-refractivity contribution in [1.29, 1.82) is 0 Å². The summed E-state index contributed by atoms with van der Waals surface area (Å²) in [6, 6.07) is 7.86. The molecular weight excluding hydrogens is 518 g/mol. The van der Waals surface area contributed by atoms with Crippen molar-refractivity contribution in [3.63, 3.8) is 0 Å². The summed E-state index contributed by atoms with van der Waals surface area (Å²) in [5, 5.41) is 7.28. The lowest BCUT2D eigenvalue weighted by Gasteiger charge is -2.11. The van der Waals surface area contributed by atoms with Crippen LogP contribution >= 0.6 is 11.3 Å². The first-order valence-corrected chi connectivity index (χ1v) is 14.1. The number of hydrogen-bond donors (Lipinski definition) is 1. The number of pyridine rings is 1. The van der Waals surface area contributed by atoms with Crippen LogP contribution in [-0.2, 0) is 28.9 Å². The van der Waals surface area contributed by atoms with E-state index in [2.05, 4.69) is 20.4 Å². The van der Waals surface area contributed by atoms with Gasteiger partial charge in [-0.1, -0.05) is 28.6 Å². The zero-order chi connectivity index (χ0) is 26.4. The van der Waals surface area contributed by atoms with Crippen molar-refractivity contribution in [2.24, 2.45) is 5.16 Å². The van der Waals surface area contributed by atoms with Gasteiger partial charge in [0.05, 0.1) is 29.5 Å². The van der Waals surface area contributed by atoms with E-state index in [0.717, 1.165) is 5.69 Å². The maximum atomic E-state index is 13.3. The van der Waals surface area contributed by atoms with Crippen LogP contribution in [0.15, 0.2) is 46.6 Å². The molecule has 198 valence electrons. The Bertz CT molecular complexity index is 1370. The van der Waals surface area contributed by atoms with Crippen LogP contribution in [0.25, 0.3) is 10.3 Å². The van der Waals surface area contributed by atoms with E-state index in [1.807, 2.05) is 25.1 Å². The molecule has 1 aliphatic heterocycles. The van der Waals surface area contributed by atoms with E-state index >= 15 is 0 Å². The summed E-state index contributed by atoms with van der Waals surface area (Å²) in [7, 11) is 1.86. The fraction of sp³-hybridized carbons (Fsp3) is 0.417. The van der Waals surface area contributed by atoms with Crippen LogP contribution < -0.4 is 10.2 Å². The van der Waals surface area contributed by atoms with Crippen molar-refractivity contribution in [1.82, 2.24) is 9.97 Å². The third kappa shape index (κ3) is 6.60. The predicted molar refractivity (Wildman–Crippen MR) is 142 cm³/mol. The van der Waals surface area contributed by atoms with Crippen LogP contribution in [0.3, 0.4) is 0 Å². The largest absolute Gasteiger partial charge is 0.389 e. The number of fused-ring (bicyclic) bond motifs is 1. The van der Waals surface area contributed by atoms with Gasteiger partial charge in [-0.05, 0) is 24.6 Å². The number of anilines is 2. The SMILES string of the molecule is COCCCS(=O)(=O)c1ccc(/C(=N\O[C@@H]2CCOC2)C(=O)Nc2nc3c(N(C)C)ccnc3s2)cc1. The number of carbonyl (C=O) groups excluding carboxylic acids is 1. The summed E-state index contributed by atoms with van der Waals surface area (Å²) in [5.41, 5.74) is 1.95. The fourth-order valence-corrected chi connectivity index (χ4v) is 5.78. The van der Waals surface area contributed by atoms with E-state index in [-0.39, 0.29) is 22.5 Å². The van der Waals surface area contributed by atoms with Crippen molar-refractivity contribution in [2.75, 3.05) is 57.0 Å². The van der Waals surface area contributed by atoms with Gasteiger partial charge >= 0.3 is 0 Å². The summed E-state index contributed by atoms with van der Waals surface area (Å²) in [5.74, 6) is -0.576. The Morgan fingerprint density at radius 2 is 2.05 bits per heavy atom. The molecule has 1 N–H and O–H groups in total. The molecule has 3 aromatic rings. The summed E-state index contributed by atoms with van der Waals surface area (Å²) >= 11 is 1.24. The molecule has 0 radical (unpaired) electrons. The second-order valence-electron chi connectivity index (χ2n) is 8.57. The van der Waals surface area contributed by atoms with Gasteiger partial charge in [0.1, 0.15) is 10.3 Å². The molecule has 37 heavy (non-hydrogen) atoms. The number of benzene rings is 1. The topological polar surface area (TPSA) is 132 Å². The van der Waals surface area contributed by atoms with Crippen LogP contribution in [-0.4, -0.2) is 82.9 Å². The molecule has 0 spiro atoms. The quantitative estimate of drug-likeness (QED) is 0.219. The second kappa shape index (κ2) is 11.9. The minimum atomic E-state index is -3.48. The molecule has 1 amide bonds. The van der Waals surface area contributed by atoms with Gasteiger partial charge in [0.15, 0.2) is 26.8 Å². The maximum absolute atomic E-state index is 13.3. The zero-order valence-electron chi connectivity index (χ0n) is 20.8. The van der Waals surface area contributed by atoms with E-state index in [1.54, 1.807) is 18.3 Å². The third-order valence-corrected chi connectivity index (χ3v) is 8.32. The lowest BCUT2D eigenvalue weighted by atomic mass is 10.1. The van der Waals surface area contributed by atoms with Crippen LogP contribution in [0.5, 0.6) is 0 Å². The first-order chi connectivity index (χ1) is 17.8. The minimum absolute atomic E-state index is 0.00437. The highest BCUT2D eigenvalue weighted by Crippen LogP contribution is 2.30. The van der Waals surface area contributed by atoms with Crippen molar-refractivity contribution in [2.45, 2.75) is 23.8 Å². The Morgan fingerprint density at radius 1 is 1.27 bits per heavy atom. The van der Waals surface area contributed by atoms with Crippen LogP contribution in [0, 0.1) is 0 Å². The molecule has 11 nitrogen and oxygen atoms in total. The molecule has 0 bridgehead atoms. The molecule has 13 heteroatoms. The smallest absolute Gasteiger partial charge is 0.280 e. The number of oxime groups is 1. The number of sulfone groups is 1. The molecule has 1 fully saturated rings. The van der Waals surface area contributed by atoms with Crippen LogP contribution in [0.2, 0.25) is 0 Å². The number of ether oxygens (including phenoxy) is 2. The maximum Gasteiger partial charge on any atom is 0.280 e. The Labute approximate surface area is 219 Å². The first kappa shape index (κ1) is 26.9. The van der Waals surface area contributed by atoms with Gasteiger partial charge in [-0.3, -0.25) is 10.1 Å². The summed E-state index contributed by atoms with van der Waals surface area (Å²) in [6.45, 7) is 1.30. The number of thiazole rings is 1. The molecular formula is C24H29N5O6S2. The molecule has 0 aliphatic carbocycles. The van der Waals surface area contributed by atoms with Crippen molar-refractivity contribution >= 4 is 54.0 Å². The average Bonchev–Trinajstić information content (AvgIpc) is 3.53.